The average Bonchev–Trinajstić information content (AvgIpc) is 2.42. The van der Waals surface area contributed by atoms with Gasteiger partial charge in [0.25, 0.3) is 0 Å². The van der Waals surface area contributed by atoms with Crippen LogP contribution in [0.3, 0.4) is 0 Å². The van der Waals surface area contributed by atoms with Crippen LogP contribution in [-0.4, -0.2) is 26.7 Å². The Bertz CT molecular complexity index is 394. The van der Waals surface area contributed by atoms with Crippen LogP contribution >= 0.6 is 0 Å². The maximum Gasteiger partial charge on any atom is 0.220 e. The first kappa shape index (κ1) is 14.3. The van der Waals surface area contributed by atoms with Crippen molar-refractivity contribution in [3.8, 4) is 11.5 Å². The van der Waals surface area contributed by atoms with Crippen LogP contribution in [-0.2, 0) is 11.3 Å². The monoisotopic (exact) mass is 252 g/mol. The molecule has 100 valence electrons. The minimum absolute atomic E-state index is 0.00155. The Morgan fingerprint density at radius 1 is 1.33 bits per heavy atom. The van der Waals surface area contributed by atoms with Crippen molar-refractivity contribution >= 4 is 5.91 Å². The number of nitrogens with two attached hydrogens (primary N) is 1. The minimum atomic E-state index is -0.00155. The largest absolute Gasteiger partial charge is 0.497 e. The Morgan fingerprint density at radius 3 is 2.72 bits per heavy atom. The number of nitrogens with one attached hydrogen (secondary N) is 1. The van der Waals surface area contributed by atoms with Crippen molar-refractivity contribution < 1.29 is 14.3 Å². The average molecular weight is 252 g/mol. The standard InChI is InChI=1S/C13H20N2O3/c1-17-11-6-5-10(12(8-11)18-2)9-15-13(16)4-3-7-14/h5-6,8H,3-4,7,9,14H2,1-2H3,(H,15,16). The van der Waals surface area contributed by atoms with E-state index in [9.17, 15) is 4.79 Å². The summed E-state index contributed by atoms with van der Waals surface area (Å²) in [5, 5.41) is 2.83. The zero-order valence-electron chi connectivity index (χ0n) is 10.9. The zero-order valence-corrected chi connectivity index (χ0v) is 10.9. The van der Waals surface area contributed by atoms with E-state index in [2.05, 4.69) is 5.32 Å². The topological polar surface area (TPSA) is 73.6 Å². The number of hydrogen-bond donors (Lipinski definition) is 2. The number of carbonyl (C=O) groups is 1. The SMILES string of the molecule is COc1ccc(CNC(=O)CCCN)c(OC)c1. The predicted octanol–water partition coefficient (Wildman–Crippen LogP) is 1.06. The summed E-state index contributed by atoms with van der Waals surface area (Å²) in [4.78, 5) is 11.5. The molecule has 1 aromatic rings. The molecule has 3 N–H and O–H groups in total. The number of hydrogen-bond acceptors (Lipinski definition) is 4. The fraction of sp³-hybridized carbons (Fsp3) is 0.462. The molecular weight excluding hydrogens is 232 g/mol. The second kappa shape index (κ2) is 7.55. The van der Waals surface area contributed by atoms with Gasteiger partial charge in [-0.05, 0) is 25.1 Å². The number of benzene rings is 1. The van der Waals surface area contributed by atoms with Crippen LogP contribution in [0.5, 0.6) is 11.5 Å². The fourth-order valence-electron chi connectivity index (χ4n) is 1.54. The van der Waals surface area contributed by atoms with Crippen LogP contribution < -0.4 is 20.5 Å². The Balaban J connectivity index is 2.58. The lowest BCUT2D eigenvalue weighted by atomic mass is 10.2. The Hall–Kier alpha value is -1.75. The van der Waals surface area contributed by atoms with Gasteiger partial charge in [0.2, 0.25) is 5.91 Å². The molecule has 1 rings (SSSR count). The fourth-order valence-corrected chi connectivity index (χ4v) is 1.54. The summed E-state index contributed by atoms with van der Waals surface area (Å²) in [7, 11) is 3.19. The van der Waals surface area contributed by atoms with E-state index in [1.807, 2.05) is 12.1 Å². The van der Waals surface area contributed by atoms with Crippen molar-refractivity contribution in [2.75, 3.05) is 20.8 Å². The number of carbonyl (C=O) groups excluding carboxylic acids is 1. The van der Waals surface area contributed by atoms with Crippen molar-refractivity contribution in [2.45, 2.75) is 19.4 Å². The van der Waals surface area contributed by atoms with Crippen molar-refractivity contribution in [2.24, 2.45) is 5.73 Å². The lowest BCUT2D eigenvalue weighted by Crippen LogP contribution is -2.23. The molecule has 0 unspecified atom stereocenters. The quantitative estimate of drug-likeness (QED) is 0.761. The summed E-state index contributed by atoms with van der Waals surface area (Å²) in [6.07, 6.45) is 1.15. The van der Waals surface area contributed by atoms with Gasteiger partial charge in [-0.15, -0.1) is 0 Å². The second-order valence-electron chi connectivity index (χ2n) is 3.85. The Kier molecular flexibility index (Phi) is 6.00. The first-order valence-electron chi connectivity index (χ1n) is 5.89. The van der Waals surface area contributed by atoms with E-state index in [0.717, 1.165) is 11.3 Å². The third-order valence-electron chi connectivity index (χ3n) is 2.58. The molecule has 0 saturated heterocycles. The highest BCUT2D eigenvalue weighted by Gasteiger charge is 2.06. The predicted molar refractivity (Wildman–Crippen MR) is 69.7 cm³/mol. The maximum atomic E-state index is 11.5. The molecule has 0 saturated carbocycles. The molecule has 5 nitrogen and oxygen atoms in total. The molecule has 0 spiro atoms. The number of amides is 1. The molecule has 1 aromatic carbocycles. The Labute approximate surface area is 107 Å². The first-order valence-corrected chi connectivity index (χ1v) is 5.89. The van der Waals surface area contributed by atoms with Gasteiger partial charge in [0.15, 0.2) is 0 Å². The van der Waals surface area contributed by atoms with Crippen LogP contribution in [0.15, 0.2) is 18.2 Å². The van der Waals surface area contributed by atoms with Gasteiger partial charge in [0.05, 0.1) is 14.2 Å². The molecule has 1 amide bonds. The van der Waals surface area contributed by atoms with E-state index in [1.165, 1.54) is 0 Å². The molecule has 0 heterocycles. The second-order valence-corrected chi connectivity index (χ2v) is 3.85. The van der Waals surface area contributed by atoms with Crippen LogP contribution in [0, 0.1) is 0 Å². The van der Waals surface area contributed by atoms with Crippen molar-refractivity contribution in [1.82, 2.24) is 5.32 Å². The number of rotatable bonds is 7. The van der Waals surface area contributed by atoms with E-state index in [0.29, 0.717) is 31.7 Å². The van der Waals surface area contributed by atoms with E-state index >= 15 is 0 Å². The first-order chi connectivity index (χ1) is 8.71. The minimum Gasteiger partial charge on any atom is -0.497 e. The lowest BCUT2D eigenvalue weighted by Gasteiger charge is -2.11. The maximum absolute atomic E-state index is 11.5. The van der Waals surface area contributed by atoms with Crippen LogP contribution in [0.1, 0.15) is 18.4 Å². The normalized spacial score (nSPS) is 9.94. The Morgan fingerprint density at radius 2 is 2.11 bits per heavy atom. The molecule has 18 heavy (non-hydrogen) atoms. The number of ether oxygens (including phenoxy) is 2. The third kappa shape index (κ3) is 4.25. The molecule has 0 aliphatic heterocycles. The summed E-state index contributed by atoms with van der Waals surface area (Å²) in [5.41, 5.74) is 6.26. The highest BCUT2D eigenvalue weighted by molar-refractivity contribution is 5.75. The van der Waals surface area contributed by atoms with E-state index in [4.69, 9.17) is 15.2 Å². The summed E-state index contributed by atoms with van der Waals surface area (Å²) in [5.74, 6) is 1.43. The van der Waals surface area contributed by atoms with Crippen molar-refractivity contribution in [1.29, 1.82) is 0 Å². The summed E-state index contributed by atoms with van der Waals surface area (Å²) < 4.78 is 10.4. The molecule has 5 heteroatoms. The molecular formula is C13H20N2O3. The van der Waals surface area contributed by atoms with Gasteiger partial charge < -0.3 is 20.5 Å². The van der Waals surface area contributed by atoms with Gasteiger partial charge in [0.1, 0.15) is 11.5 Å². The van der Waals surface area contributed by atoms with Gasteiger partial charge in [-0.1, -0.05) is 0 Å². The molecule has 0 fully saturated rings. The van der Waals surface area contributed by atoms with Gasteiger partial charge in [-0.3, -0.25) is 4.79 Å². The van der Waals surface area contributed by atoms with E-state index in [1.54, 1.807) is 20.3 Å². The smallest absolute Gasteiger partial charge is 0.220 e. The van der Waals surface area contributed by atoms with E-state index in [-0.39, 0.29) is 5.91 Å². The van der Waals surface area contributed by atoms with Crippen molar-refractivity contribution in [3.05, 3.63) is 23.8 Å². The molecule has 0 aromatic heterocycles. The lowest BCUT2D eigenvalue weighted by molar-refractivity contribution is -0.121. The van der Waals surface area contributed by atoms with Crippen LogP contribution in [0.2, 0.25) is 0 Å². The zero-order chi connectivity index (χ0) is 13.4. The van der Waals surface area contributed by atoms with Crippen molar-refractivity contribution in [3.63, 3.8) is 0 Å². The molecule has 0 aliphatic carbocycles. The van der Waals surface area contributed by atoms with Gasteiger partial charge in [-0.25, -0.2) is 0 Å². The van der Waals surface area contributed by atoms with Crippen LogP contribution in [0.25, 0.3) is 0 Å². The van der Waals surface area contributed by atoms with Gasteiger partial charge >= 0.3 is 0 Å². The molecule has 0 radical (unpaired) electrons. The highest BCUT2D eigenvalue weighted by Crippen LogP contribution is 2.24. The summed E-state index contributed by atoms with van der Waals surface area (Å²) in [6, 6.07) is 5.51. The summed E-state index contributed by atoms with van der Waals surface area (Å²) >= 11 is 0. The van der Waals surface area contributed by atoms with Crippen LogP contribution in [0.4, 0.5) is 0 Å². The molecule has 0 atom stereocenters. The third-order valence-corrected chi connectivity index (χ3v) is 2.58. The van der Waals surface area contributed by atoms with E-state index < -0.39 is 0 Å². The molecule has 0 bridgehead atoms. The summed E-state index contributed by atoms with van der Waals surface area (Å²) in [6.45, 7) is 0.968. The van der Waals surface area contributed by atoms with Gasteiger partial charge in [-0.2, -0.15) is 0 Å². The number of methoxy groups -OCH3 is 2. The highest BCUT2D eigenvalue weighted by atomic mass is 16.5. The molecule has 0 aliphatic rings. The van der Waals surface area contributed by atoms with Gasteiger partial charge in [0, 0.05) is 24.6 Å².